The van der Waals surface area contributed by atoms with E-state index >= 15 is 0 Å². The summed E-state index contributed by atoms with van der Waals surface area (Å²) in [4.78, 5) is 0. The maximum absolute atomic E-state index is 13.8. The van der Waals surface area contributed by atoms with Crippen LogP contribution in [0.4, 0.5) is 4.39 Å². The van der Waals surface area contributed by atoms with Crippen molar-refractivity contribution in [2.45, 2.75) is 6.10 Å². The Morgan fingerprint density at radius 3 is 2.21 bits per heavy atom. The van der Waals surface area contributed by atoms with Gasteiger partial charge in [0.1, 0.15) is 11.9 Å². The van der Waals surface area contributed by atoms with E-state index in [0.717, 1.165) is 16.3 Å². The molecule has 1 N–H and O–H groups in total. The van der Waals surface area contributed by atoms with E-state index < -0.39 is 6.10 Å². The molecule has 94 valence electrons. The molecule has 1 atom stereocenters. The van der Waals surface area contributed by atoms with Crippen molar-refractivity contribution in [1.82, 2.24) is 0 Å². The summed E-state index contributed by atoms with van der Waals surface area (Å²) < 4.78 is 13.8. The molecule has 3 aromatic rings. The highest BCUT2D eigenvalue weighted by Crippen LogP contribution is 2.29. The molecule has 0 saturated heterocycles. The normalized spacial score (nSPS) is 12.5. The van der Waals surface area contributed by atoms with Crippen molar-refractivity contribution in [2.24, 2.45) is 0 Å². The van der Waals surface area contributed by atoms with Gasteiger partial charge in [0.2, 0.25) is 0 Å². The van der Waals surface area contributed by atoms with Gasteiger partial charge in [-0.1, -0.05) is 60.7 Å². The summed E-state index contributed by atoms with van der Waals surface area (Å²) in [6.07, 6.45) is -0.952. The van der Waals surface area contributed by atoms with Crippen LogP contribution < -0.4 is 0 Å². The monoisotopic (exact) mass is 252 g/mol. The highest BCUT2D eigenvalue weighted by Gasteiger charge is 2.16. The van der Waals surface area contributed by atoms with Gasteiger partial charge >= 0.3 is 0 Å². The van der Waals surface area contributed by atoms with Crippen LogP contribution >= 0.6 is 0 Å². The third-order valence-electron chi connectivity index (χ3n) is 3.32. The molecular weight excluding hydrogens is 239 g/mol. The number of hydrogen-bond acceptors (Lipinski definition) is 1. The van der Waals surface area contributed by atoms with Gasteiger partial charge in [0.15, 0.2) is 0 Å². The summed E-state index contributed by atoms with van der Waals surface area (Å²) in [5.74, 6) is -0.386. The van der Waals surface area contributed by atoms with Gasteiger partial charge in [-0.15, -0.1) is 0 Å². The quantitative estimate of drug-likeness (QED) is 0.729. The Kier molecular flexibility index (Phi) is 3.02. The van der Waals surface area contributed by atoms with E-state index in [2.05, 4.69) is 0 Å². The van der Waals surface area contributed by atoms with E-state index in [1.54, 1.807) is 18.2 Å². The molecule has 0 amide bonds. The molecule has 0 fully saturated rings. The van der Waals surface area contributed by atoms with Crippen molar-refractivity contribution in [1.29, 1.82) is 0 Å². The zero-order valence-corrected chi connectivity index (χ0v) is 10.3. The van der Waals surface area contributed by atoms with Gasteiger partial charge in [-0.2, -0.15) is 0 Å². The minimum atomic E-state index is -0.952. The summed E-state index contributed by atoms with van der Waals surface area (Å²) in [5, 5.41) is 12.4. The van der Waals surface area contributed by atoms with Gasteiger partial charge in [0.05, 0.1) is 0 Å². The third-order valence-corrected chi connectivity index (χ3v) is 3.32. The van der Waals surface area contributed by atoms with E-state index in [9.17, 15) is 9.50 Å². The fourth-order valence-corrected chi connectivity index (χ4v) is 2.35. The van der Waals surface area contributed by atoms with E-state index in [1.807, 2.05) is 42.5 Å². The average molecular weight is 252 g/mol. The Balaban J connectivity index is 2.17. The molecule has 0 bridgehead atoms. The number of fused-ring (bicyclic) bond motifs is 1. The van der Waals surface area contributed by atoms with E-state index in [1.165, 1.54) is 6.07 Å². The van der Waals surface area contributed by atoms with Crippen LogP contribution in [0.3, 0.4) is 0 Å². The van der Waals surface area contributed by atoms with Crippen molar-refractivity contribution in [3.05, 3.63) is 83.7 Å². The van der Waals surface area contributed by atoms with Crippen LogP contribution in [-0.4, -0.2) is 5.11 Å². The van der Waals surface area contributed by atoms with Gasteiger partial charge in [0.25, 0.3) is 0 Å². The first kappa shape index (κ1) is 11.9. The summed E-state index contributed by atoms with van der Waals surface area (Å²) in [7, 11) is 0. The van der Waals surface area contributed by atoms with Crippen LogP contribution in [-0.2, 0) is 0 Å². The maximum atomic E-state index is 13.8. The van der Waals surface area contributed by atoms with Crippen LogP contribution in [0.25, 0.3) is 10.8 Å². The lowest BCUT2D eigenvalue weighted by atomic mass is 9.96. The molecule has 0 aliphatic rings. The number of benzene rings is 3. The van der Waals surface area contributed by atoms with Gasteiger partial charge in [-0.3, -0.25) is 0 Å². The summed E-state index contributed by atoms with van der Waals surface area (Å²) in [5.41, 5.74) is 1.03. The minimum absolute atomic E-state index is 0.304. The lowest BCUT2D eigenvalue weighted by molar-refractivity contribution is 0.216. The molecule has 0 aromatic heterocycles. The zero-order chi connectivity index (χ0) is 13.2. The lowest BCUT2D eigenvalue weighted by Gasteiger charge is -2.14. The fraction of sp³-hybridized carbons (Fsp3) is 0.0588. The molecule has 3 aromatic carbocycles. The Hall–Kier alpha value is -2.19. The Bertz CT molecular complexity index is 716. The lowest BCUT2D eigenvalue weighted by Crippen LogP contribution is -2.03. The zero-order valence-electron chi connectivity index (χ0n) is 10.3. The Morgan fingerprint density at radius 2 is 1.37 bits per heavy atom. The molecule has 0 saturated carbocycles. The number of aliphatic hydroxyl groups excluding tert-OH is 1. The van der Waals surface area contributed by atoms with Crippen molar-refractivity contribution in [3.8, 4) is 0 Å². The molecule has 0 radical (unpaired) electrons. The van der Waals surface area contributed by atoms with Crippen LogP contribution in [0.1, 0.15) is 17.2 Å². The largest absolute Gasteiger partial charge is 0.384 e. The molecule has 0 heterocycles. The van der Waals surface area contributed by atoms with Crippen LogP contribution in [0.15, 0.2) is 66.7 Å². The molecule has 0 aliphatic heterocycles. The first-order valence-corrected chi connectivity index (χ1v) is 6.17. The summed E-state index contributed by atoms with van der Waals surface area (Å²) in [6, 6.07) is 19.8. The standard InChI is InChI=1S/C17H13FO/c18-16-11-4-3-9-15(16)17(19)14-10-5-7-12-6-1-2-8-13(12)14/h1-11,17,19H/t17-/m1/s1. The van der Waals surface area contributed by atoms with Crippen molar-refractivity contribution < 1.29 is 9.50 Å². The second-order valence-corrected chi connectivity index (χ2v) is 4.49. The fourth-order valence-electron chi connectivity index (χ4n) is 2.35. The van der Waals surface area contributed by atoms with E-state index in [-0.39, 0.29) is 5.82 Å². The van der Waals surface area contributed by atoms with Gasteiger partial charge in [0, 0.05) is 5.56 Å². The van der Waals surface area contributed by atoms with Crippen molar-refractivity contribution in [2.75, 3.05) is 0 Å². The first-order valence-electron chi connectivity index (χ1n) is 6.17. The second-order valence-electron chi connectivity index (χ2n) is 4.49. The molecule has 3 rings (SSSR count). The van der Waals surface area contributed by atoms with E-state index in [4.69, 9.17) is 0 Å². The van der Waals surface area contributed by atoms with Gasteiger partial charge in [-0.25, -0.2) is 4.39 Å². The van der Waals surface area contributed by atoms with Crippen LogP contribution in [0, 0.1) is 5.82 Å². The average Bonchev–Trinajstić information content (AvgIpc) is 2.46. The number of aliphatic hydroxyl groups is 1. The molecule has 1 nitrogen and oxygen atoms in total. The number of halogens is 1. The number of hydrogen-bond donors (Lipinski definition) is 1. The predicted molar refractivity (Wildman–Crippen MR) is 74.4 cm³/mol. The third kappa shape index (κ3) is 2.11. The molecule has 0 unspecified atom stereocenters. The SMILES string of the molecule is O[C@@H](c1ccccc1F)c1cccc2ccccc12. The Morgan fingerprint density at radius 1 is 0.737 bits per heavy atom. The first-order chi connectivity index (χ1) is 9.27. The Labute approximate surface area is 110 Å². The van der Waals surface area contributed by atoms with Crippen molar-refractivity contribution >= 4 is 10.8 Å². The topological polar surface area (TPSA) is 20.2 Å². The van der Waals surface area contributed by atoms with Crippen LogP contribution in [0.2, 0.25) is 0 Å². The summed E-state index contributed by atoms with van der Waals surface area (Å²) >= 11 is 0. The molecule has 19 heavy (non-hydrogen) atoms. The maximum Gasteiger partial charge on any atom is 0.129 e. The smallest absolute Gasteiger partial charge is 0.129 e. The summed E-state index contributed by atoms with van der Waals surface area (Å²) in [6.45, 7) is 0. The second kappa shape index (κ2) is 4.82. The van der Waals surface area contributed by atoms with Crippen molar-refractivity contribution in [3.63, 3.8) is 0 Å². The predicted octanol–water partition coefficient (Wildman–Crippen LogP) is 4.06. The van der Waals surface area contributed by atoms with E-state index in [0.29, 0.717) is 5.56 Å². The highest BCUT2D eigenvalue weighted by molar-refractivity contribution is 5.86. The minimum Gasteiger partial charge on any atom is -0.384 e. The molecule has 2 heteroatoms. The molecular formula is C17H13FO. The van der Waals surface area contributed by atoms with Crippen LogP contribution in [0.5, 0.6) is 0 Å². The van der Waals surface area contributed by atoms with Gasteiger partial charge < -0.3 is 5.11 Å². The molecule has 0 spiro atoms. The molecule has 0 aliphatic carbocycles. The van der Waals surface area contributed by atoms with Gasteiger partial charge in [-0.05, 0) is 22.4 Å². The number of rotatable bonds is 2. The highest BCUT2D eigenvalue weighted by atomic mass is 19.1.